The van der Waals surface area contributed by atoms with E-state index in [1.54, 1.807) is 4.90 Å². The quantitative estimate of drug-likeness (QED) is 0.189. The lowest BCUT2D eigenvalue weighted by Crippen LogP contribution is -2.58. The van der Waals surface area contributed by atoms with Crippen molar-refractivity contribution in [2.75, 3.05) is 13.1 Å². The molecule has 7 N–H and O–H groups in total. The second kappa shape index (κ2) is 17.0. The molecule has 0 saturated carbocycles. The van der Waals surface area contributed by atoms with Crippen LogP contribution >= 0.6 is 0 Å². The molecule has 2 rings (SSSR count). The Balaban J connectivity index is 2.20. The van der Waals surface area contributed by atoms with Crippen molar-refractivity contribution in [3.8, 4) is 0 Å². The molecule has 2 aromatic rings. The molecule has 0 bridgehead atoms. The highest BCUT2D eigenvalue weighted by molar-refractivity contribution is 5.91. The lowest BCUT2D eigenvalue weighted by molar-refractivity contribution is -0.128. The van der Waals surface area contributed by atoms with Gasteiger partial charge in [0.2, 0.25) is 11.8 Å². The SMILES string of the molecule is CCCCN(CC(O)C(Cc1ccccc1)NC(=O)C(CC(N)=O)NC(=O)NCc1ccccc1)C(=O)NC(C)(C)C. The second-order valence-corrected chi connectivity index (χ2v) is 11.4. The van der Waals surface area contributed by atoms with Gasteiger partial charge < -0.3 is 37.0 Å². The van der Waals surface area contributed by atoms with Gasteiger partial charge in [0, 0.05) is 18.6 Å². The van der Waals surface area contributed by atoms with E-state index in [1.807, 2.05) is 88.4 Å². The molecule has 0 fully saturated rings. The van der Waals surface area contributed by atoms with Crippen LogP contribution in [0, 0.1) is 0 Å². The van der Waals surface area contributed by atoms with Gasteiger partial charge in [-0.25, -0.2) is 9.59 Å². The minimum atomic E-state index is -1.27. The first-order valence-electron chi connectivity index (χ1n) is 14.3. The molecule has 0 aromatic heterocycles. The van der Waals surface area contributed by atoms with Gasteiger partial charge in [-0.05, 0) is 44.7 Å². The lowest BCUT2D eigenvalue weighted by atomic mass is 9.99. The average molecular weight is 583 g/mol. The molecule has 0 aliphatic carbocycles. The number of nitrogens with two attached hydrogens (primary N) is 1. The number of unbranched alkanes of at least 4 members (excludes halogenated alkanes) is 1. The van der Waals surface area contributed by atoms with Gasteiger partial charge in [0.15, 0.2) is 0 Å². The summed E-state index contributed by atoms with van der Waals surface area (Å²) in [7, 11) is 0. The van der Waals surface area contributed by atoms with Crippen LogP contribution in [0.25, 0.3) is 0 Å². The zero-order valence-corrected chi connectivity index (χ0v) is 25.1. The minimum Gasteiger partial charge on any atom is -0.389 e. The third kappa shape index (κ3) is 13.0. The summed E-state index contributed by atoms with van der Waals surface area (Å²) in [5.41, 5.74) is 6.62. The summed E-state index contributed by atoms with van der Waals surface area (Å²) in [6.07, 6.45) is 0.252. The predicted octanol–water partition coefficient (Wildman–Crippen LogP) is 2.43. The van der Waals surface area contributed by atoms with Gasteiger partial charge in [0.25, 0.3) is 0 Å². The fraction of sp³-hybridized carbons (Fsp3) is 0.484. The summed E-state index contributed by atoms with van der Waals surface area (Å²) >= 11 is 0. The number of nitrogens with zero attached hydrogens (tertiary/aromatic N) is 1. The predicted molar refractivity (Wildman–Crippen MR) is 162 cm³/mol. The molecule has 6 amide bonds. The number of carbonyl (C=O) groups is 4. The van der Waals surface area contributed by atoms with Crippen molar-refractivity contribution < 1.29 is 24.3 Å². The highest BCUT2D eigenvalue weighted by atomic mass is 16.3. The van der Waals surface area contributed by atoms with Crippen molar-refractivity contribution in [1.82, 2.24) is 26.2 Å². The first-order chi connectivity index (χ1) is 19.9. The Hall–Kier alpha value is -4.12. The standard InChI is InChI=1S/C31H46N6O5/c1-5-6-17-37(30(42)36-31(2,3)4)21-26(38)24(18-22-13-9-7-10-14-22)34-28(40)25(19-27(32)39)35-29(41)33-20-23-15-11-8-12-16-23/h7-16,24-26,38H,5-6,17-21H2,1-4H3,(H2,32,39)(H,34,40)(H,36,42)(H2,33,35,41). The maximum Gasteiger partial charge on any atom is 0.317 e. The highest BCUT2D eigenvalue weighted by Gasteiger charge is 2.30. The molecule has 0 aliphatic heterocycles. The van der Waals surface area contributed by atoms with Gasteiger partial charge in [0.05, 0.1) is 25.1 Å². The van der Waals surface area contributed by atoms with Gasteiger partial charge in [-0.15, -0.1) is 0 Å². The molecule has 11 heteroatoms. The highest BCUT2D eigenvalue weighted by Crippen LogP contribution is 2.11. The molecule has 3 atom stereocenters. The lowest BCUT2D eigenvalue weighted by Gasteiger charge is -2.33. The Morgan fingerprint density at radius 1 is 0.929 bits per heavy atom. The Kier molecular flexibility index (Phi) is 13.8. The van der Waals surface area contributed by atoms with Crippen LogP contribution in [0.4, 0.5) is 9.59 Å². The molecule has 11 nitrogen and oxygen atoms in total. The van der Waals surface area contributed by atoms with E-state index >= 15 is 0 Å². The second-order valence-electron chi connectivity index (χ2n) is 11.4. The molecular weight excluding hydrogens is 536 g/mol. The van der Waals surface area contributed by atoms with E-state index in [-0.39, 0.29) is 25.5 Å². The monoisotopic (exact) mass is 582 g/mol. The molecule has 0 aliphatic rings. The summed E-state index contributed by atoms with van der Waals surface area (Å²) in [4.78, 5) is 52.4. The van der Waals surface area contributed by atoms with Gasteiger partial charge in [-0.3, -0.25) is 9.59 Å². The Morgan fingerprint density at radius 3 is 2.07 bits per heavy atom. The van der Waals surface area contributed by atoms with Crippen molar-refractivity contribution >= 4 is 23.9 Å². The van der Waals surface area contributed by atoms with Gasteiger partial charge in [0.1, 0.15) is 6.04 Å². The van der Waals surface area contributed by atoms with Crippen LogP contribution in [0.3, 0.4) is 0 Å². The van der Waals surface area contributed by atoms with Crippen molar-refractivity contribution in [2.45, 2.75) is 83.6 Å². The number of carbonyl (C=O) groups excluding carboxylic acids is 4. The number of nitrogens with one attached hydrogen (secondary N) is 4. The van der Waals surface area contributed by atoms with Crippen molar-refractivity contribution in [3.63, 3.8) is 0 Å². The maximum atomic E-state index is 13.4. The number of urea groups is 2. The van der Waals surface area contributed by atoms with Crippen LogP contribution in [-0.4, -0.2) is 70.7 Å². The summed E-state index contributed by atoms with van der Waals surface area (Å²) in [5.74, 6) is -1.45. The zero-order chi connectivity index (χ0) is 31.1. The topological polar surface area (TPSA) is 166 Å². The van der Waals surface area contributed by atoms with Crippen LogP contribution in [0.1, 0.15) is 58.1 Å². The smallest absolute Gasteiger partial charge is 0.317 e. The summed E-state index contributed by atoms with van der Waals surface area (Å²) < 4.78 is 0. The van der Waals surface area contributed by atoms with Gasteiger partial charge in [-0.1, -0.05) is 74.0 Å². The molecule has 0 spiro atoms. The van der Waals surface area contributed by atoms with Crippen LogP contribution < -0.4 is 27.0 Å². The van der Waals surface area contributed by atoms with Crippen LogP contribution in [0.15, 0.2) is 60.7 Å². The number of hydrogen-bond donors (Lipinski definition) is 6. The van der Waals surface area contributed by atoms with Crippen molar-refractivity contribution in [2.24, 2.45) is 5.73 Å². The number of primary amides is 1. The van der Waals surface area contributed by atoms with E-state index in [0.717, 1.165) is 24.0 Å². The number of rotatable bonds is 15. The zero-order valence-electron chi connectivity index (χ0n) is 25.1. The summed E-state index contributed by atoms with van der Waals surface area (Å²) in [5, 5.41) is 22.3. The number of benzene rings is 2. The van der Waals surface area contributed by atoms with E-state index < -0.39 is 48.0 Å². The van der Waals surface area contributed by atoms with E-state index in [9.17, 15) is 24.3 Å². The van der Waals surface area contributed by atoms with E-state index in [0.29, 0.717) is 6.54 Å². The molecule has 230 valence electrons. The summed E-state index contributed by atoms with van der Waals surface area (Å²) in [6, 6.07) is 15.4. The molecule has 2 aromatic carbocycles. The first kappa shape index (κ1) is 34.1. The van der Waals surface area contributed by atoms with Crippen molar-refractivity contribution in [1.29, 1.82) is 0 Å². The van der Waals surface area contributed by atoms with E-state index in [4.69, 9.17) is 5.73 Å². The first-order valence-corrected chi connectivity index (χ1v) is 14.3. The van der Waals surface area contributed by atoms with Crippen LogP contribution in [0.5, 0.6) is 0 Å². The van der Waals surface area contributed by atoms with Crippen LogP contribution in [-0.2, 0) is 22.6 Å². The third-order valence-corrected chi connectivity index (χ3v) is 6.37. The maximum absolute atomic E-state index is 13.4. The molecule has 0 saturated heterocycles. The average Bonchev–Trinajstić information content (AvgIpc) is 2.93. The van der Waals surface area contributed by atoms with Crippen molar-refractivity contribution in [3.05, 3.63) is 71.8 Å². The normalized spacial score (nSPS) is 13.3. The molecule has 0 radical (unpaired) electrons. The summed E-state index contributed by atoms with van der Waals surface area (Å²) in [6.45, 7) is 8.24. The minimum absolute atomic E-state index is 0.0365. The Labute approximate surface area is 248 Å². The third-order valence-electron chi connectivity index (χ3n) is 6.37. The van der Waals surface area contributed by atoms with Crippen LogP contribution in [0.2, 0.25) is 0 Å². The largest absolute Gasteiger partial charge is 0.389 e. The molecule has 0 heterocycles. The fourth-order valence-corrected chi connectivity index (χ4v) is 4.21. The number of aliphatic hydroxyl groups excluding tert-OH is 1. The Bertz CT molecular complexity index is 1140. The number of hydrogen-bond acceptors (Lipinski definition) is 5. The van der Waals surface area contributed by atoms with E-state index in [2.05, 4.69) is 21.3 Å². The molecular formula is C31H46N6O5. The molecule has 42 heavy (non-hydrogen) atoms. The Morgan fingerprint density at radius 2 is 1.52 bits per heavy atom. The van der Waals surface area contributed by atoms with E-state index in [1.165, 1.54) is 0 Å². The van der Waals surface area contributed by atoms with Gasteiger partial charge in [-0.2, -0.15) is 0 Å². The fourth-order valence-electron chi connectivity index (χ4n) is 4.21. The van der Waals surface area contributed by atoms with Gasteiger partial charge >= 0.3 is 12.1 Å². The number of aliphatic hydroxyl groups is 1. The molecule has 3 unspecified atom stereocenters. The number of amides is 6.